The molecule has 0 spiro atoms. The Kier molecular flexibility index (Phi) is 5.66. The Bertz CT molecular complexity index is 168. The molecule has 0 rings (SSSR count). The van der Waals surface area contributed by atoms with Gasteiger partial charge in [-0.25, -0.2) is 4.79 Å². The van der Waals surface area contributed by atoms with Gasteiger partial charge in [0.15, 0.2) is 9.76 Å². The standard InChI is InChI=1S/C8H16O3Si/c1-6(2)8(9)11-7(3)5-12-10-4/h7H,1,5,12H2,2-4H3. The summed E-state index contributed by atoms with van der Waals surface area (Å²) >= 11 is 0. The summed E-state index contributed by atoms with van der Waals surface area (Å²) in [6.45, 7) is 7.00. The fraction of sp³-hybridized carbons (Fsp3) is 0.625. The summed E-state index contributed by atoms with van der Waals surface area (Å²) in [7, 11) is 1.18. The first kappa shape index (κ1) is 11.4. The Balaban J connectivity index is 3.61. The lowest BCUT2D eigenvalue weighted by Crippen LogP contribution is -2.17. The van der Waals surface area contributed by atoms with E-state index in [-0.39, 0.29) is 12.1 Å². The summed E-state index contributed by atoms with van der Waals surface area (Å²) < 4.78 is 10.0. The van der Waals surface area contributed by atoms with Crippen LogP contribution < -0.4 is 0 Å². The molecule has 0 saturated carbocycles. The van der Waals surface area contributed by atoms with Crippen molar-refractivity contribution in [1.29, 1.82) is 0 Å². The van der Waals surface area contributed by atoms with Gasteiger partial charge in [0.2, 0.25) is 0 Å². The molecule has 0 aliphatic heterocycles. The first-order valence-corrected chi connectivity index (χ1v) is 5.51. The summed E-state index contributed by atoms with van der Waals surface area (Å²) in [4.78, 5) is 11.0. The smallest absolute Gasteiger partial charge is 0.333 e. The number of ether oxygens (including phenoxy) is 1. The van der Waals surface area contributed by atoms with Crippen molar-refractivity contribution in [2.45, 2.75) is 26.0 Å². The van der Waals surface area contributed by atoms with Crippen LogP contribution in [0.15, 0.2) is 12.2 Å². The molecule has 0 radical (unpaired) electrons. The molecule has 3 nitrogen and oxygen atoms in total. The molecule has 0 aromatic carbocycles. The van der Waals surface area contributed by atoms with Crippen LogP contribution in [0.3, 0.4) is 0 Å². The molecule has 4 heteroatoms. The number of rotatable bonds is 5. The van der Waals surface area contributed by atoms with Crippen molar-refractivity contribution in [3.8, 4) is 0 Å². The van der Waals surface area contributed by atoms with Gasteiger partial charge in [-0.05, 0) is 19.9 Å². The van der Waals surface area contributed by atoms with Gasteiger partial charge < -0.3 is 9.16 Å². The number of hydrogen-bond donors (Lipinski definition) is 0. The Hall–Kier alpha value is -0.613. The largest absolute Gasteiger partial charge is 0.460 e. The summed E-state index contributed by atoms with van der Waals surface area (Å²) in [6.07, 6.45) is -0.0409. The van der Waals surface area contributed by atoms with Crippen molar-refractivity contribution in [3.05, 3.63) is 12.2 Å². The molecule has 0 aromatic heterocycles. The van der Waals surface area contributed by atoms with Crippen molar-refractivity contribution in [3.63, 3.8) is 0 Å². The number of hydrogen-bond acceptors (Lipinski definition) is 3. The van der Waals surface area contributed by atoms with Crippen LogP contribution in [0.5, 0.6) is 0 Å². The normalized spacial score (nSPS) is 13.2. The van der Waals surface area contributed by atoms with Crippen LogP contribution in [0.2, 0.25) is 6.04 Å². The Morgan fingerprint density at radius 3 is 2.67 bits per heavy atom. The molecular formula is C8H16O3Si. The van der Waals surface area contributed by atoms with Gasteiger partial charge in [-0.1, -0.05) is 6.58 Å². The van der Waals surface area contributed by atoms with Gasteiger partial charge in [0.05, 0.1) is 6.10 Å². The van der Waals surface area contributed by atoms with Gasteiger partial charge in [0.25, 0.3) is 0 Å². The number of carbonyl (C=O) groups is 1. The van der Waals surface area contributed by atoms with Crippen LogP contribution in [0, 0.1) is 0 Å². The Morgan fingerprint density at radius 1 is 1.67 bits per heavy atom. The molecule has 0 amide bonds. The minimum Gasteiger partial charge on any atom is -0.460 e. The van der Waals surface area contributed by atoms with E-state index in [1.807, 2.05) is 6.92 Å². The second-order valence-corrected chi connectivity index (χ2v) is 4.34. The predicted octanol–water partition coefficient (Wildman–Crippen LogP) is 0.643. The molecular weight excluding hydrogens is 172 g/mol. The van der Waals surface area contributed by atoms with Gasteiger partial charge in [-0.3, -0.25) is 0 Å². The third-order valence-corrected chi connectivity index (χ3v) is 2.84. The van der Waals surface area contributed by atoms with E-state index in [1.165, 1.54) is 0 Å². The maximum atomic E-state index is 11.0. The molecule has 0 aliphatic carbocycles. The molecule has 0 heterocycles. The second-order valence-electron chi connectivity index (χ2n) is 2.78. The van der Waals surface area contributed by atoms with Gasteiger partial charge >= 0.3 is 5.97 Å². The molecule has 0 saturated heterocycles. The highest BCUT2D eigenvalue weighted by Crippen LogP contribution is 2.01. The van der Waals surface area contributed by atoms with Gasteiger partial charge in [-0.2, -0.15) is 0 Å². The van der Waals surface area contributed by atoms with E-state index < -0.39 is 9.76 Å². The lowest BCUT2D eigenvalue weighted by Gasteiger charge is -2.11. The van der Waals surface area contributed by atoms with E-state index in [0.29, 0.717) is 5.57 Å². The molecule has 0 bridgehead atoms. The highest BCUT2D eigenvalue weighted by atomic mass is 28.2. The summed E-state index contributed by atoms with van der Waals surface area (Å²) in [6, 6.07) is 0.857. The maximum Gasteiger partial charge on any atom is 0.333 e. The highest BCUT2D eigenvalue weighted by molar-refractivity contribution is 6.27. The van der Waals surface area contributed by atoms with Crippen molar-refractivity contribution in [2.75, 3.05) is 7.11 Å². The summed E-state index contributed by atoms with van der Waals surface area (Å²) in [5, 5.41) is 0. The molecule has 0 N–H and O–H groups in total. The fourth-order valence-electron chi connectivity index (χ4n) is 0.626. The van der Waals surface area contributed by atoms with E-state index in [1.54, 1.807) is 14.0 Å². The zero-order chi connectivity index (χ0) is 9.56. The van der Waals surface area contributed by atoms with E-state index in [4.69, 9.17) is 9.16 Å². The average molecular weight is 188 g/mol. The first-order valence-electron chi connectivity index (χ1n) is 3.93. The van der Waals surface area contributed by atoms with Crippen molar-refractivity contribution < 1.29 is 14.0 Å². The minimum absolute atomic E-state index is 0.0409. The molecule has 1 unspecified atom stereocenters. The van der Waals surface area contributed by atoms with E-state index >= 15 is 0 Å². The SMILES string of the molecule is C=C(C)C(=O)OC(C)C[SiH2]OC. The molecule has 0 fully saturated rings. The molecule has 1 atom stereocenters. The molecule has 0 aliphatic rings. The van der Waals surface area contributed by atoms with E-state index in [0.717, 1.165) is 6.04 Å². The van der Waals surface area contributed by atoms with E-state index in [2.05, 4.69) is 6.58 Å². The zero-order valence-electron chi connectivity index (χ0n) is 7.92. The fourth-order valence-corrected chi connectivity index (χ4v) is 1.31. The number of carbonyl (C=O) groups excluding carboxylic acids is 1. The second kappa shape index (κ2) is 5.96. The van der Waals surface area contributed by atoms with E-state index in [9.17, 15) is 4.79 Å². The first-order chi connectivity index (χ1) is 5.57. The Labute approximate surface area is 75.7 Å². The molecule has 0 aromatic rings. The van der Waals surface area contributed by atoms with Crippen LogP contribution in [0.1, 0.15) is 13.8 Å². The lowest BCUT2D eigenvalue weighted by atomic mass is 10.3. The monoisotopic (exact) mass is 188 g/mol. The van der Waals surface area contributed by atoms with Crippen LogP contribution in [0.4, 0.5) is 0 Å². The molecule has 12 heavy (non-hydrogen) atoms. The average Bonchev–Trinajstić information content (AvgIpc) is 2.00. The zero-order valence-corrected chi connectivity index (χ0v) is 9.34. The van der Waals surface area contributed by atoms with Gasteiger partial charge in [0.1, 0.15) is 0 Å². The van der Waals surface area contributed by atoms with Crippen molar-refractivity contribution in [1.82, 2.24) is 0 Å². The third-order valence-electron chi connectivity index (χ3n) is 1.39. The van der Waals surface area contributed by atoms with Crippen molar-refractivity contribution in [2.24, 2.45) is 0 Å². The third kappa shape index (κ3) is 5.09. The van der Waals surface area contributed by atoms with Crippen LogP contribution in [-0.4, -0.2) is 28.9 Å². The van der Waals surface area contributed by atoms with Crippen LogP contribution in [-0.2, 0) is 14.0 Å². The Morgan fingerprint density at radius 2 is 2.25 bits per heavy atom. The van der Waals surface area contributed by atoms with Gasteiger partial charge in [0, 0.05) is 12.7 Å². The quantitative estimate of drug-likeness (QED) is 0.361. The minimum atomic E-state index is -0.500. The molecule has 70 valence electrons. The topological polar surface area (TPSA) is 35.5 Å². The lowest BCUT2D eigenvalue weighted by molar-refractivity contribution is -0.142. The van der Waals surface area contributed by atoms with Gasteiger partial charge in [-0.15, -0.1) is 0 Å². The predicted molar refractivity (Wildman–Crippen MR) is 50.7 cm³/mol. The maximum absolute atomic E-state index is 11.0. The number of esters is 1. The summed E-state index contributed by atoms with van der Waals surface area (Å²) in [5.74, 6) is -0.312. The summed E-state index contributed by atoms with van der Waals surface area (Å²) in [5.41, 5.74) is 0.445. The van der Waals surface area contributed by atoms with Crippen LogP contribution in [0.25, 0.3) is 0 Å². The van der Waals surface area contributed by atoms with Crippen LogP contribution >= 0.6 is 0 Å². The highest BCUT2D eigenvalue weighted by Gasteiger charge is 2.09. The van der Waals surface area contributed by atoms with Crippen molar-refractivity contribution >= 4 is 15.7 Å².